The largest absolute Gasteiger partial charge is 0.494 e. The highest BCUT2D eigenvalue weighted by Gasteiger charge is 2.45. The number of ether oxygens (including phenoxy) is 3. The fourth-order valence-corrected chi connectivity index (χ4v) is 3.93. The third-order valence-corrected chi connectivity index (χ3v) is 5.78. The van der Waals surface area contributed by atoms with Crippen LogP contribution in [-0.2, 0) is 12.0 Å². The number of hydrogen-bond donors (Lipinski definition) is 1. The van der Waals surface area contributed by atoms with Crippen molar-refractivity contribution in [3.8, 4) is 17.5 Å². The van der Waals surface area contributed by atoms with Crippen LogP contribution in [-0.4, -0.2) is 34.8 Å². The minimum absolute atomic E-state index is 0.155. The average molecular weight is 433 g/mol. The van der Waals surface area contributed by atoms with Gasteiger partial charge in [-0.2, -0.15) is 15.0 Å². The fraction of sp³-hybridized carbons (Fsp3) is 0.400. The molecule has 2 aromatic carbocycles. The molecule has 3 aromatic rings. The molecule has 0 amide bonds. The SMILES string of the molecule is CCOc1nc2nc(n1)NC1(CC1)c1ccc(cc1)OCCCCOc1cccc(c1)C2. The first-order chi connectivity index (χ1) is 15.7. The Labute approximate surface area is 188 Å². The highest BCUT2D eigenvalue weighted by Crippen LogP contribution is 2.48. The van der Waals surface area contributed by atoms with Crippen molar-refractivity contribution in [3.63, 3.8) is 0 Å². The van der Waals surface area contributed by atoms with Gasteiger partial charge in [0.2, 0.25) is 5.95 Å². The van der Waals surface area contributed by atoms with Gasteiger partial charge in [0.25, 0.3) is 0 Å². The lowest BCUT2D eigenvalue weighted by molar-refractivity contribution is 0.266. The van der Waals surface area contributed by atoms with Gasteiger partial charge in [0.1, 0.15) is 17.3 Å². The first kappa shape index (κ1) is 20.5. The van der Waals surface area contributed by atoms with E-state index in [1.165, 1.54) is 5.56 Å². The third-order valence-electron chi connectivity index (χ3n) is 5.78. The molecule has 166 valence electrons. The van der Waals surface area contributed by atoms with E-state index in [1.807, 2.05) is 37.3 Å². The topological polar surface area (TPSA) is 78.4 Å². The minimum Gasteiger partial charge on any atom is -0.494 e. The molecule has 3 heterocycles. The van der Waals surface area contributed by atoms with Gasteiger partial charge in [-0.25, -0.2) is 0 Å². The molecule has 6 bridgehead atoms. The molecule has 7 heteroatoms. The number of anilines is 1. The average Bonchev–Trinajstić information content (AvgIpc) is 3.57. The Morgan fingerprint density at radius 3 is 2.47 bits per heavy atom. The standard InChI is InChI=1S/C25H28N4O3/c1-2-30-24-27-22-17-18-6-5-7-21(16-18)32-15-4-3-14-31-20-10-8-19(9-11-20)25(12-13-25)29-23(26-22)28-24/h5-11,16H,2-4,12-15,17H2,1H3,(H,26,27,28,29). The molecule has 1 aliphatic carbocycles. The highest BCUT2D eigenvalue weighted by molar-refractivity contribution is 5.44. The maximum absolute atomic E-state index is 5.94. The first-order valence-corrected chi connectivity index (χ1v) is 11.3. The molecule has 1 saturated carbocycles. The summed E-state index contributed by atoms with van der Waals surface area (Å²) in [5.41, 5.74) is 2.14. The van der Waals surface area contributed by atoms with Gasteiger partial charge < -0.3 is 19.5 Å². The molecule has 0 radical (unpaired) electrons. The number of aromatic nitrogens is 3. The van der Waals surface area contributed by atoms with Crippen LogP contribution >= 0.6 is 0 Å². The summed E-state index contributed by atoms with van der Waals surface area (Å²) >= 11 is 0. The molecular weight excluding hydrogens is 404 g/mol. The summed E-state index contributed by atoms with van der Waals surface area (Å²) in [4.78, 5) is 13.8. The normalized spacial score (nSPS) is 17.2. The van der Waals surface area contributed by atoms with E-state index in [-0.39, 0.29) is 5.54 Å². The smallest absolute Gasteiger partial charge is 0.321 e. The third kappa shape index (κ3) is 4.77. The number of nitrogens with zero attached hydrogens (tertiary/aromatic N) is 3. The number of nitrogens with one attached hydrogen (secondary N) is 1. The Morgan fingerprint density at radius 2 is 1.72 bits per heavy atom. The van der Waals surface area contributed by atoms with Crippen molar-refractivity contribution in [2.75, 3.05) is 25.1 Å². The molecule has 1 aromatic heterocycles. The summed E-state index contributed by atoms with van der Waals surface area (Å²) in [6.45, 7) is 3.76. The molecule has 1 N–H and O–H groups in total. The summed E-state index contributed by atoms with van der Waals surface area (Å²) in [5.74, 6) is 2.95. The van der Waals surface area contributed by atoms with Gasteiger partial charge in [-0.1, -0.05) is 24.3 Å². The zero-order valence-electron chi connectivity index (χ0n) is 18.3. The van der Waals surface area contributed by atoms with Crippen molar-refractivity contribution < 1.29 is 14.2 Å². The maximum Gasteiger partial charge on any atom is 0.321 e. The first-order valence-electron chi connectivity index (χ1n) is 11.3. The van der Waals surface area contributed by atoms with Gasteiger partial charge in [-0.3, -0.25) is 0 Å². The molecule has 32 heavy (non-hydrogen) atoms. The zero-order valence-corrected chi connectivity index (χ0v) is 18.3. The predicted molar refractivity (Wildman–Crippen MR) is 121 cm³/mol. The van der Waals surface area contributed by atoms with Gasteiger partial charge in [0, 0.05) is 6.42 Å². The number of rotatable bonds is 2. The van der Waals surface area contributed by atoms with Crippen molar-refractivity contribution in [1.82, 2.24) is 15.0 Å². The van der Waals surface area contributed by atoms with Crippen LogP contribution in [0.4, 0.5) is 5.95 Å². The van der Waals surface area contributed by atoms with E-state index < -0.39 is 0 Å². The molecule has 0 unspecified atom stereocenters. The fourth-order valence-electron chi connectivity index (χ4n) is 3.93. The molecule has 1 fully saturated rings. The Balaban J connectivity index is 1.48. The summed E-state index contributed by atoms with van der Waals surface area (Å²) < 4.78 is 17.5. The lowest BCUT2D eigenvalue weighted by Gasteiger charge is -2.19. The lowest BCUT2D eigenvalue weighted by atomic mass is 10.1. The van der Waals surface area contributed by atoms with Gasteiger partial charge in [0.15, 0.2) is 0 Å². The molecule has 3 aliphatic rings. The lowest BCUT2D eigenvalue weighted by Crippen LogP contribution is -2.21. The second-order valence-corrected chi connectivity index (χ2v) is 8.25. The highest BCUT2D eigenvalue weighted by atomic mass is 16.5. The summed E-state index contributed by atoms with van der Waals surface area (Å²) in [5, 5.41) is 3.56. The van der Waals surface area contributed by atoms with Crippen LogP contribution in [0.1, 0.15) is 49.6 Å². The number of fused-ring (bicyclic) bond motifs is 7. The van der Waals surface area contributed by atoms with Crippen molar-refractivity contribution in [3.05, 3.63) is 65.5 Å². The van der Waals surface area contributed by atoms with Crippen LogP contribution in [0.3, 0.4) is 0 Å². The second kappa shape index (κ2) is 9.02. The van der Waals surface area contributed by atoms with E-state index in [9.17, 15) is 0 Å². The van der Waals surface area contributed by atoms with E-state index in [1.54, 1.807) is 0 Å². The van der Waals surface area contributed by atoms with Gasteiger partial charge in [-0.15, -0.1) is 0 Å². The van der Waals surface area contributed by atoms with Crippen LogP contribution in [0.15, 0.2) is 48.5 Å². The zero-order chi connectivity index (χ0) is 21.8. The van der Waals surface area contributed by atoms with Crippen LogP contribution < -0.4 is 19.5 Å². The maximum atomic E-state index is 5.94. The van der Waals surface area contributed by atoms with E-state index >= 15 is 0 Å². The van der Waals surface area contributed by atoms with Crippen molar-refractivity contribution in [2.24, 2.45) is 0 Å². The summed E-state index contributed by atoms with van der Waals surface area (Å²) in [6.07, 6.45) is 4.50. The molecule has 0 saturated heterocycles. The van der Waals surface area contributed by atoms with Crippen LogP contribution in [0, 0.1) is 0 Å². The molecular formula is C25H28N4O3. The Morgan fingerprint density at radius 1 is 0.938 bits per heavy atom. The molecule has 6 rings (SSSR count). The Bertz CT molecular complexity index is 1070. The van der Waals surface area contributed by atoms with Crippen molar-refractivity contribution >= 4 is 5.95 Å². The number of hydrogen-bond acceptors (Lipinski definition) is 7. The predicted octanol–water partition coefficient (Wildman–Crippen LogP) is 4.51. The molecule has 0 atom stereocenters. The van der Waals surface area contributed by atoms with Crippen molar-refractivity contribution in [1.29, 1.82) is 0 Å². The quantitative estimate of drug-likeness (QED) is 0.638. The summed E-state index contributed by atoms with van der Waals surface area (Å²) in [7, 11) is 0. The van der Waals surface area contributed by atoms with Crippen molar-refractivity contribution in [2.45, 2.75) is 44.6 Å². The van der Waals surface area contributed by atoms with E-state index in [0.29, 0.717) is 44.0 Å². The monoisotopic (exact) mass is 432 g/mol. The number of benzene rings is 2. The Kier molecular flexibility index (Phi) is 5.79. The van der Waals surface area contributed by atoms with Gasteiger partial charge >= 0.3 is 6.01 Å². The van der Waals surface area contributed by atoms with E-state index in [4.69, 9.17) is 19.2 Å². The van der Waals surface area contributed by atoms with Gasteiger partial charge in [-0.05, 0) is 68.0 Å². The minimum atomic E-state index is -0.155. The molecule has 1 spiro atoms. The van der Waals surface area contributed by atoms with E-state index in [0.717, 1.165) is 42.7 Å². The Hall–Kier alpha value is -3.35. The second-order valence-electron chi connectivity index (χ2n) is 8.25. The summed E-state index contributed by atoms with van der Waals surface area (Å²) in [6, 6.07) is 16.8. The molecule has 2 aliphatic heterocycles. The van der Waals surface area contributed by atoms with Crippen LogP contribution in [0.5, 0.6) is 17.5 Å². The molecule has 7 nitrogen and oxygen atoms in total. The van der Waals surface area contributed by atoms with E-state index in [2.05, 4.69) is 33.5 Å². The van der Waals surface area contributed by atoms with Crippen LogP contribution in [0.2, 0.25) is 0 Å². The van der Waals surface area contributed by atoms with Gasteiger partial charge in [0.05, 0.1) is 25.4 Å². The van der Waals surface area contributed by atoms with Crippen LogP contribution in [0.25, 0.3) is 0 Å².